The summed E-state index contributed by atoms with van der Waals surface area (Å²) in [5.74, 6) is -1.18. The molecule has 0 radical (unpaired) electrons. The Labute approximate surface area is 153 Å². The van der Waals surface area contributed by atoms with Crippen LogP contribution < -0.4 is 4.74 Å². The van der Waals surface area contributed by atoms with Gasteiger partial charge < -0.3 is 14.4 Å². The van der Waals surface area contributed by atoms with Crippen LogP contribution in [0.4, 0.5) is 0 Å². The SMILES string of the molecule is O=C(Oc1ccccc1)c1cc(I)c(S(=O)(=O)[O-])c(I)c1O. The van der Waals surface area contributed by atoms with E-state index in [4.69, 9.17) is 4.74 Å². The second-order valence-electron chi connectivity index (χ2n) is 4.05. The van der Waals surface area contributed by atoms with Gasteiger partial charge in [0.1, 0.15) is 27.2 Å². The van der Waals surface area contributed by atoms with Crippen LogP contribution in [0.25, 0.3) is 0 Å². The van der Waals surface area contributed by atoms with E-state index in [9.17, 15) is 22.9 Å². The highest BCUT2D eigenvalue weighted by atomic mass is 127. The maximum atomic E-state index is 12.1. The first-order valence-corrected chi connectivity index (χ1v) is 9.22. The molecule has 0 heterocycles. The highest BCUT2D eigenvalue weighted by Gasteiger charge is 2.23. The van der Waals surface area contributed by atoms with E-state index in [0.29, 0.717) is 0 Å². The van der Waals surface area contributed by atoms with E-state index in [1.54, 1.807) is 52.9 Å². The zero-order valence-electron chi connectivity index (χ0n) is 10.6. The van der Waals surface area contributed by atoms with E-state index in [0.717, 1.165) is 6.07 Å². The molecule has 0 spiro atoms. The minimum atomic E-state index is -4.77. The molecule has 9 heteroatoms. The summed E-state index contributed by atoms with van der Waals surface area (Å²) in [6.45, 7) is 0. The van der Waals surface area contributed by atoms with Gasteiger partial charge in [-0.1, -0.05) is 18.2 Å². The van der Waals surface area contributed by atoms with Crippen molar-refractivity contribution in [3.05, 3.63) is 49.1 Å². The number of benzene rings is 2. The standard InChI is InChI=1S/C13H8I2O6S/c14-9-6-8(11(16)10(15)12(9)22(18,19)20)13(17)21-7-4-2-1-3-5-7/h1-6,16H,(H,18,19,20)/p-1. The lowest BCUT2D eigenvalue weighted by Crippen LogP contribution is -2.12. The average Bonchev–Trinajstić information content (AvgIpc) is 2.42. The number of esters is 1. The van der Waals surface area contributed by atoms with Crippen molar-refractivity contribution < 1.29 is 27.6 Å². The van der Waals surface area contributed by atoms with Crippen molar-refractivity contribution in [1.29, 1.82) is 0 Å². The Morgan fingerprint density at radius 3 is 2.32 bits per heavy atom. The van der Waals surface area contributed by atoms with Gasteiger partial charge in [-0.2, -0.15) is 0 Å². The van der Waals surface area contributed by atoms with Gasteiger partial charge in [-0.15, -0.1) is 0 Å². The van der Waals surface area contributed by atoms with Gasteiger partial charge in [-0.05, 0) is 63.4 Å². The summed E-state index contributed by atoms with van der Waals surface area (Å²) >= 11 is 3.12. The molecular weight excluding hydrogens is 538 g/mol. The fourth-order valence-electron chi connectivity index (χ4n) is 1.63. The van der Waals surface area contributed by atoms with Crippen LogP contribution >= 0.6 is 45.2 Å². The van der Waals surface area contributed by atoms with E-state index in [1.807, 2.05) is 0 Å². The van der Waals surface area contributed by atoms with Crippen molar-refractivity contribution in [2.45, 2.75) is 4.90 Å². The first-order chi connectivity index (χ1) is 10.2. The van der Waals surface area contributed by atoms with E-state index in [2.05, 4.69) is 0 Å². The molecule has 1 N–H and O–H groups in total. The molecule has 6 nitrogen and oxygen atoms in total. The van der Waals surface area contributed by atoms with Gasteiger partial charge in [0.2, 0.25) is 0 Å². The molecule has 0 aromatic heterocycles. The molecule has 0 amide bonds. The van der Waals surface area contributed by atoms with Crippen molar-refractivity contribution in [2.75, 3.05) is 0 Å². The Morgan fingerprint density at radius 2 is 1.77 bits per heavy atom. The minimum absolute atomic E-state index is 0.0369. The molecule has 0 saturated carbocycles. The summed E-state index contributed by atoms with van der Waals surface area (Å²) in [4.78, 5) is 11.5. The largest absolute Gasteiger partial charge is 0.744 e. The average molecular weight is 545 g/mol. The molecule has 2 rings (SSSR count). The van der Waals surface area contributed by atoms with Crippen LogP contribution in [0.3, 0.4) is 0 Å². The quantitative estimate of drug-likeness (QED) is 0.276. The number of hydrogen-bond acceptors (Lipinski definition) is 6. The third-order valence-electron chi connectivity index (χ3n) is 2.57. The van der Waals surface area contributed by atoms with Crippen molar-refractivity contribution in [1.82, 2.24) is 0 Å². The second kappa shape index (κ2) is 6.68. The van der Waals surface area contributed by atoms with Crippen LogP contribution in [0, 0.1) is 7.14 Å². The van der Waals surface area contributed by atoms with Crippen LogP contribution in [0.5, 0.6) is 11.5 Å². The minimum Gasteiger partial charge on any atom is -0.744 e. The monoisotopic (exact) mass is 545 g/mol. The van der Waals surface area contributed by atoms with E-state index >= 15 is 0 Å². The molecule has 0 saturated heterocycles. The van der Waals surface area contributed by atoms with E-state index in [1.165, 1.54) is 22.6 Å². The summed E-state index contributed by atoms with van der Waals surface area (Å²) in [6, 6.07) is 9.30. The van der Waals surface area contributed by atoms with Gasteiger partial charge in [0.15, 0.2) is 0 Å². The van der Waals surface area contributed by atoms with Crippen LogP contribution in [0.1, 0.15) is 10.4 Å². The predicted molar refractivity (Wildman–Crippen MR) is 92.9 cm³/mol. The van der Waals surface area contributed by atoms with Crippen molar-refractivity contribution in [3.63, 3.8) is 0 Å². The maximum Gasteiger partial charge on any atom is 0.347 e. The summed E-state index contributed by atoms with van der Waals surface area (Å²) in [7, 11) is -4.77. The Hall–Kier alpha value is -0.920. The number of phenolic OH excluding ortho intramolecular Hbond substituents is 1. The third kappa shape index (κ3) is 3.70. The van der Waals surface area contributed by atoms with Crippen LogP contribution in [0.2, 0.25) is 0 Å². The van der Waals surface area contributed by atoms with Crippen LogP contribution in [0.15, 0.2) is 41.3 Å². The fourth-order valence-corrected chi connectivity index (χ4v) is 5.54. The van der Waals surface area contributed by atoms with E-state index in [-0.39, 0.29) is 18.5 Å². The van der Waals surface area contributed by atoms with E-state index < -0.39 is 26.7 Å². The number of halogens is 2. The summed E-state index contributed by atoms with van der Waals surface area (Å²) in [5, 5.41) is 10.00. The number of phenols is 1. The van der Waals surface area contributed by atoms with Gasteiger partial charge in [0, 0.05) is 3.57 Å². The van der Waals surface area contributed by atoms with Crippen molar-refractivity contribution in [2.24, 2.45) is 0 Å². The highest BCUT2D eigenvalue weighted by molar-refractivity contribution is 14.1. The zero-order valence-corrected chi connectivity index (χ0v) is 15.7. The molecule has 0 aliphatic heterocycles. The molecule has 116 valence electrons. The molecule has 0 unspecified atom stereocenters. The Balaban J connectivity index is 2.47. The molecule has 0 aliphatic rings. The molecular formula is C13H7I2O6S-. The number of ether oxygens (including phenoxy) is 1. The van der Waals surface area contributed by atoms with Crippen LogP contribution in [-0.2, 0) is 10.1 Å². The first-order valence-electron chi connectivity index (χ1n) is 5.66. The number of carbonyl (C=O) groups is 1. The number of hydrogen-bond donors (Lipinski definition) is 1. The van der Waals surface area contributed by atoms with Crippen molar-refractivity contribution in [3.8, 4) is 11.5 Å². The molecule has 2 aromatic carbocycles. The summed E-state index contributed by atoms with van der Waals surface area (Å²) in [6.07, 6.45) is 0. The highest BCUT2D eigenvalue weighted by Crippen LogP contribution is 2.34. The Kier molecular flexibility index (Phi) is 5.29. The first kappa shape index (κ1) is 17.4. The number of para-hydroxylation sites is 1. The molecule has 0 atom stereocenters. The smallest absolute Gasteiger partial charge is 0.347 e. The molecule has 2 aromatic rings. The lowest BCUT2D eigenvalue weighted by molar-refractivity contribution is 0.0731. The lowest BCUT2D eigenvalue weighted by Gasteiger charge is -2.15. The molecule has 0 bridgehead atoms. The molecule has 22 heavy (non-hydrogen) atoms. The number of aromatic hydroxyl groups is 1. The number of rotatable bonds is 3. The van der Waals surface area contributed by atoms with Gasteiger partial charge in [-0.3, -0.25) is 0 Å². The zero-order chi connectivity index (χ0) is 16.5. The Bertz CT molecular complexity index is 833. The summed E-state index contributed by atoms with van der Waals surface area (Å²) in [5.41, 5.74) is -0.218. The van der Waals surface area contributed by atoms with Crippen molar-refractivity contribution >= 4 is 61.3 Å². The Morgan fingerprint density at radius 1 is 1.18 bits per heavy atom. The third-order valence-corrected chi connectivity index (χ3v) is 6.13. The summed E-state index contributed by atoms with van der Waals surface area (Å²) < 4.78 is 38.5. The molecule has 0 fully saturated rings. The van der Waals surface area contributed by atoms with Gasteiger partial charge in [-0.25, -0.2) is 13.2 Å². The number of carbonyl (C=O) groups excluding carboxylic acids is 1. The van der Waals surface area contributed by atoms with Gasteiger partial charge in [0.05, 0.1) is 8.47 Å². The van der Waals surface area contributed by atoms with Gasteiger partial charge >= 0.3 is 5.97 Å². The normalized spacial score (nSPS) is 11.2. The second-order valence-corrected chi connectivity index (χ2v) is 7.61. The topological polar surface area (TPSA) is 104 Å². The predicted octanol–water partition coefficient (Wildman–Crippen LogP) is 2.72. The van der Waals surface area contributed by atoms with Gasteiger partial charge in [0.25, 0.3) is 0 Å². The maximum absolute atomic E-state index is 12.1. The lowest BCUT2D eigenvalue weighted by atomic mass is 10.2. The van der Waals surface area contributed by atoms with Crippen LogP contribution in [-0.4, -0.2) is 24.0 Å². The molecule has 0 aliphatic carbocycles. The fraction of sp³-hybridized carbons (Fsp3) is 0.